The summed E-state index contributed by atoms with van der Waals surface area (Å²) in [7, 11) is 1.82. The zero-order chi connectivity index (χ0) is 20.2. The maximum atomic E-state index is 13.4. The molecule has 0 aliphatic heterocycles. The van der Waals surface area contributed by atoms with Crippen molar-refractivity contribution < 1.29 is 4.79 Å². The van der Waals surface area contributed by atoms with Crippen LogP contribution < -0.4 is 0 Å². The van der Waals surface area contributed by atoms with Gasteiger partial charge in [-0.1, -0.05) is 42.5 Å². The number of hydrogen-bond donors (Lipinski definition) is 0. The highest BCUT2D eigenvalue weighted by atomic mass is 16.2. The molecule has 0 unspecified atom stereocenters. The van der Waals surface area contributed by atoms with Gasteiger partial charge >= 0.3 is 0 Å². The molecule has 4 aromatic rings. The van der Waals surface area contributed by atoms with Gasteiger partial charge in [0, 0.05) is 37.7 Å². The Hall–Kier alpha value is -3.73. The van der Waals surface area contributed by atoms with Crippen molar-refractivity contribution in [2.45, 2.75) is 13.5 Å². The van der Waals surface area contributed by atoms with Gasteiger partial charge in [-0.15, -0.1) is 0 Å². The van der Waals surface area contributed by atoms with E-state index < -0.39 is 0 Å². The number of benzene rings is 2. The van der Waals surface area contributed by atoms with E-state index in [-0.39, 0.29) is 5.91 Å². The standard InChI is InChI=1S/C24H22N4O/c1-18-9-6-7-10-20(18)16-27(2)24(29)22-17-28(21-12-4-3-5-13-21)26-23(22)19-11-8-14-25-15-19/h3-15,17H,16H2,1-2H3. The van der Waals surface area contributed by atoms with E-state index >= 15 is 0 Å². The molecule has 2 heterocycles. The summed E-state index contributed by atoms with van der Waals surface area (Å²) in [6, 6.07) is 21.7. The van der Waals surface area contributed by atoms with Crippen molar-refractivity contribution in [2.75, 3.05) is 7.05 Å². The Morgan fingerprint density at radius 2 is 1.76 bits per heavy atom. The molecule has 5 heteroatoms. The molecule has 2 aromatic carbocycles. The molecule has 0 spiro atoms. The summed E-state index contributed by atoms with van der Waals surface area (Å²) in [5, 5.41) is 4.71. The summed E-state index contributed by atoms with van der Waals surface area (Å²) in [4.78, 5) is 19.3. The van der Waals surface area contributed by atoms with Gasteiger partial charge in [0.15, 0.2) is 0 Å². The summed E-state index contributed by atoms with van der Waals surface area (Å²) in [6.07, 6.45) is 5.24. The lowest BCUT2D eigenvalue weighted by molar-refractivity contribution is 0.0785. The molecule has 5 nitrogen and oxygen atoms in total. The number of aryl methyl sites for hydroxylation is 1. The molecular formula is C24H22N4O. The average Bonchev–Trinajstić information content (AvgIpc) is 3.21. The molecule has 0 saturated heterocycles. The number of nitrogens with zero attached hydrogens (tertiary/aromatic N) is 4. The van der Waals surface area contributed by atoms with Crippen molar-refractivity contribution in [2.24, 2.45) is 0 Å². The van der Waals surface area contributed by atoms with E-state index in [1.807, 2.05) is 61.6 Å². The first-order valence-electron chi connectivity index (χ1n) is 9.49. The highest BCUT2D eigenvalue weighted by Crippen LogP contribution is 2.25. The van der Waals surface area contributed by atoms with Gasteiger partial charge in [0.1, 0.15) is 5.69 Å². The van der Waals surface area contributed by atoms with Gasteiger partial charge < -0.3 is 4.90 Å². The van der Waals surface area contributed by atoms with Crippen molar-refractivity contribution in [1.82, 2.24) is 19.7 Å². The molecule has 0 aliphatic rings. The number of amides is 1. The Labute approximate surface area is 170 Å². The second kappa shape index (κ2) is 8.10. The van der Waals surface area contributed by atoms with Crippen LogP contribution in [0, 0.1) is 6.92 Å². The fourth-order valence-electron chi connectivity index (χ4n) is 3.28. The summed E-state index contributed by atoms with van der Waals surface area (Å²) < 4.78 is 1.75. The first-order valence-corrected chi connectivity index (χ1v) is 9.49. The predicted octanol–water partition coefficient (Wildman–Crippen LogP) is 4.51. The minimum Gasteiger partial charge on any atom is -0.337 e. The second-order valence-corrected chi connectivity index (χ2v) is 7.00. The van der Waals surface area contributed by atoms with Crippen LogP contribution in [0.3, 0.4) is 0 Å². The van der Waals surface area contributed by atoms with Gasteiger partial charge in [0.05, 0.1) is 11.3 Å². The first-order chi connectivity index (χ1) is 14.1. The van der Waals surface area contributed by atoms with Crippen LogP contribution in [-0.2, 0) is 6.54 Å². The third-order valence-corrected chi connectivity index (χ3v) is 4.92. The van der Waals surface area contributed by atoms with Crippen molar-refractivity contribution in [3.8, 4) is 16.9 Å². The van der Waals surface area contributed by atoms with Gasteiger partial charge in [0.2, 0.25) is 0 Å². The first kappa shape index (κ1) is 18.6. The maximum Gasteiger partial charge on any atom is 0.257 e. The highest BCUT2D eigenvalue weighted by Gasteiger charge is 2.22. The number of hydrogen-bond acceptors (Lipinski definition) is 3. The van der Waals surface area contributed by atoms with Crippen LogP contribution in [-0.4, -0.2) is 32.6 Å². The molecule has 1 amide bonds. The predicted molar refractivity (Wildman–Crippen MR) is 114 cm³/mol. The minimum atomic E-state index is -0.0747. The highest BCUT2D eigenvalue weighted by molar-refractivity contribution is 5.99. The van der Waals surface area contributed by atoms with E-state index in [0.717, 1.165) is 16.8 Å². The molecule has 0 bridgehead atoms. The zero-order valence-corrected chi connectivity index (χ0v) is 16.5. The molecule has 0 fully saturated rings. The van der Waals surface area contributed by atoms with Crippen LogP contribution in [0.2, 0.25) is 0 Å². The lowest BCUT2D eigenvalue weighted by Crippen LogP contribution is -2.26. The summed E-state index contributed by atoms with van der Waals surface area (Å²) in [5.74, 6) is -0.0747. The molecule has 0 aliphatic carbocycles. The van der Waals surface area contributed by atoms with Crippen LogP contribution >= 0.6 is 0 Å². The molecule has 2 aromatic heterocycles. The Morgan fingerprint density at radius 1 is 1.00 bits per heavy atom. The SMILES string of the molecule is Cc1ccccc1CN(C)C(=O)c1cn(-c2ccccc2)nc1-c1cccnc1. The van der Waals surface area contributed by atoms with Gasteiger partial charge in [-0.2, -0.15) is 5.10 Å². The van der Waals surface area contributed by atoms with E-state index in [9.17, 15) is 4.79 Å². The van der Waals surface area contributed by atoms with E-state index in [0.29, 0.717) is 17.8 Å². The van der Waals surface area contributed by atoms with Gasteiger partial charge in [-0.25, -0.2) is 4.68 Å². The molecule has 0 N–H and O–H groups in total. The van der Waals surface area contributed by atoms with Crippen molar-refractivity contribution in [1.29, 1.82) is 0 Å². The van der Waals surface area contributed by atoms with Crippen LogP contribution in [0.25, 0.3) is 16.9 Å². The zero-order valence-electron chi connectivity index (χ0n) is 16.5. The lowest BCUT2D eigenvalue weighted by Gasteiger charge is -2.18. The fourth-order valence-corrected chi connectivity index (χ4v) is 3.28. The number of carbonyl (C=O) groups is 1. The quantitative estimate of drug-likeness (QED) is 0.510. The average molecular weight is 382 g/mol. The summed E-state index contributed by atoms with van der Waals surface area (Å²) in [5.41, 5.74) is 5.19. The van der Waals surface area contributed by atoms with E-state index in [4.69, 9.17) is 5.10 Å². The monoisotopic (exact) mass is 382 g/mol. The minimum absolute atomic E-state index is 0.0747. The van der Waals surface area contributed by atoms with Gasteiger partial charge in [0.25, 0.3) is 5.91 Å². The number of para-hydroxylation sites is 1. The Kier molecular flexibility index (Phi) is 5.20. The lowest BCUT2D eigenvalue weighted by atomic mass is 10.1. The van der Waals surface area contributed by atoms with Crippen LogP contribution in [0.1, 0.15) is 21.5 Å². The van der Waals surface area contributed by atoms with Crippen LogP contribution in [0.15, 0.2) is 85.3 Å². The second-order valence-electron chi connectivity index (χ2n) is 7.00. The van der Waals surface area contributed by atoms with E-state index in [1.165, 1.54) is 5.56 Å². The Bertz CT molecular complexity index is 1120. The van der Waals surface area contributed by atoms with Crippen LogP contribution in [0.5, 0.6) is 0 Å². The summed E-state index contributed by atoms with van der Waals surface area (Å²) >= 11 is 0. The van der Waals surface area contributed by atoms with Crippen LogP contribution in [0.4, 0.5) is 0 Å². The molecule has 29 heavy (non-hydrogen) atoms. The van der Waals surface area contributed by atoms with Gasteiger partial charge in [-0.05, 0) is 42.3 Å². The molecule has 0 atom stereocenters. The molecular weight excluding hydrogens is 360 g/mol. The third-order valence-electron chi connectivity index (χ3n) is 4.92. The molecule has 144 valence electrons. The van der Waals surface area contributed by atoms with E-state index in [1.54, 1.807) is 28.2 Å². The van der Waals surface area contributed by atoms with Crippen molar-refractivity contribution in [3.63, 3.8) is 0 Å². The largest absolute Gasteiger partial charge is 0.337 e. The Balaban J connectivity index is 1.72. The van der Waals surface area contributed by atoms with Gasteiger partial charge in [-0.3, -0.25) is 9.78 Å². The molecule has 0 saturated carbocycles. The number of rotatable bonds is 5. The number of carbonyl (C=O) groups excluding carboxylic acids is 1. The fraction of sp³-hybridized carbons (Fsp3) is 0.125. The topological polar surface area (TPSA) is 51.0 Å². The third kappa shape index (κ3) is 3.94. The smallest absolute Gasteiger partial charge is 0.257 e. The molecule has 4 rings (SSSR count). The maximum absolute atomic E-state index is 13.4. The molecule has 0 radical (unpaired) electrons. The Morgan fingerprint density at radius 3 is 2.48 bits per heavy atom. The number of pyridine rings is 1. The normalized spacial score (nSPS) is 10.7. The van der Waals surface area contributed by atoms with E-state index in [2.05, 4.69) is 24.0 Å². The number of aromatic nitrogens is 3. The summed E-state index contributed by atoms with van der Waals surface area (Å²) in [6.45, 7) is 2.59. The van der Waals surface area contributed by atoms with Crippen molar-refractivity contribution in [3.05, 3.63) is 102 Å². The van der Waals surface area contributed by atoms with Crippen molar-refractivity contribution >= 4 is 5.91 Å².